The van der Waals surface area contributed by atoms with E-state index >= 15 is 0 Å². The van der Waals surface area contributed by atoms with E-state index in [0.717, 1.165) is 30.8 Å². The second-order valence-electron chi connectivity index (χ2n) is 9.30. The van der Waals surface area contributed by atoms with Crippen molar-refractivity contribution < 1.29 is 13.9 Å². The Hall–Kier alpha value is -4.41. The number of ether oxygens (including phenoxy) is 1. The molecule has 0 unspecified atom stereocenters. The van der Waals surface area contributed by atoms with E-state index in [4.69, 9.17) is 4.74 Å². The van der Waals surface area contributed by atoms with Gasteiger partial charge in [0.25, 0.3) is 5.88 Å². The fraction of sp³-hybridized carbons (Fsp3) is 0.321. The first kappa shape index (κ1) is 24.3. The van der Waals surface area contributed by atoms with Crippen molar-refractivity contribution in [1.82, 2.24) is 9.97 Å². The number of hydrogen-bond donors (Lipinski definition) is 1. The third-order valence-electron chi connectivity index (χ3n) is 6.88. The lowest BCUT2D eigenvalue weighted by Gasteiger charge is -2.31. The van der Waals surface area contributed by atoms with Gasteiger partial charge in [0.05, 0.1) is 17.7 Å². The van der Waals surface area contributed by atoms with E-state index in [1.807, 2.05) is 31.2 Å². The molecule has 9 heteroatoms. The van der Waals surface area contributed by atoms with E-state index < -0.39 is 12.2 Å². The van der Waals surface area contributed by atoms with E-state index in [1.54, 1.807) is 18.2 Å². The molecule has 8 nitrogen and oxygen atoms in total. The molecule has 1 saturated heterocycles. The second-order valence-corrected chi connectivity index (χ2v) is 9.30. The lowest BCUT2D eigenvalue weighted by molar-refractivity contribution is 0.223. The van der Waals surface area contributed by atoms with Crippen LogP contribution < -0.4 is 15.1 Å². The Morgan fingerprint density at radius 1 is 1.19 bits per heavy atom. The molecule has 3 aromatic rings. The highest BCUT2D eigenvalue weighted by molar-refractivity contribution is 5.62. The van der Waals surface area contributed by atoms with E-state index in [9.17, 15) is 14.4 Å². The molecule has 0 radical (unpaired) electrons. The summed E-state index contributed by atoms with van der Waals surface area (Å²) in [5.74, 6) is 2.41. The van der Waals surface area contributed by atoms with Crippen molar-refractivity contribution in [1.29, 1.82) is 5.26 Å². The summed E-state index contributed by atoms with van der Waals surface area (Å²) in [6.07, 6.45) is 1.25. The molecule has 5 rings (SSSR count). The molecule has 2 aliphatic heterocycles. The predicted octanol–water partition coefficient (Wildman–Crippen LogP) is 4.32. The number of carbonyl (C=O) groups excluding carboxylic acids is 1. The summed E-state index contributed by atoms with van der Waals surface area (Å²) in [6, 6.07) is 17.2. The van der Waals surface area contributed by atoms with Crippen LogP contribution in [0.2, 0.25) is 0 Å². The van der Waals surface area contributed by atoms with E-state index in [0.29, 0.717) is 17.3 Å². The van der Waals surface area contributed by atoms with Crippen LogP contribution in [0.15, 0.2) is 60.6 Å². The maximum atomic E-state index is 14.1. The number of aromatic nitrogens is 2. The van der Waals surface area contributed by atoms with Crippen LogP contribution in [0.4, 0.5) is 21.8 Å². The summed E-state index contributed by atoms with van der Waals surface area (Å²) < 4.78 is 19.5. The van der Waals surface area contributed by atoms with Gasteiger partial charge in [-0.2, -0.15) is 10.2 Å². The molecule has 37 heavy (non-hydrogen) atoms. The minimum atomic E-state index is -1.22. The minimum Gasteiger partial charge on any atom is -0.468 e. The highest BCUT2D eigenvalue weighted by atomic mass is 19.1. The van der Waals surface area contributed by atoms with E-state index in [-0.39, 0.29) is 18.5 Å². The Kier molecular flexibility index (Phi) is 6.76. The number of fused-ring (bicyclic) bond motifs is 1. The Bertz CT molecular complexity index is 1400. The average molecular weight is 499 g/mol. The Balaban J connectivity index is 1.31. The molecule has 0 amide bonds. The fourth-order valence-corrected chi connectivity index (χ4v) is 4.81. The van der Waals surface area contributed by atoms with Gasteiger partial charge < -0.3 is 15.0 Å². The standard InChI is InChI=1S/C28H27FN6O2/c1-18(29)25-17-37-27(16-36)35(25)26-8-10-31-28(33-26)32-19(2)21-6-7-23-15-34(11-9-22(23)13-21)24-5-3-4-20(12-24)14-30/h3-8,10,12-13,18-19,25H,9,11,15,17H2,1-2H3,(H,31,32,33)/t18-,19-,25+/m0/s1. The topological polar surface area (TPSA) is 94.4 Å². The van der Waals surface area contributed by atoms with Crippen molar-refractivity contribution in [2.45, 2.75) is 45.1 Å². The summed E-state index contributed by atoms with van der Waals surface area (Å²) in [5, 5.41) is 12.5. The monoisotopic (exact) mass is 498 g/mol. The lowest BCUT2D eigenvalue weighted by atomic mass is 9.94. The van der Waals surface area contributed by atoms with Gasteiger partial charge in [0.2, 0.25) is 5.95 Å². The van der Waals surface area contributed by atoms with Gasteiger partial charge in [0.15, 0.2) is 5.94 Å². The van der Waals surface area contributed by atoms with Crippen LogP contribution in [0.25, 0.3) is 0 Å². The smallest absolute Gasteiger partial charge is 0.284 e. The van der Waals surface area contributed by atoms with Gasteiger partial charge in [-0.05, 0) is 61.2 Å². The second kappa shape index (κ2) is 10.3. The van der Waals surface area contributed by atoms with Crippen molar-refractivity contribution in [3.05, 3.63) is 82.9 Å². The van der Waals surface area contributed by atoms with Gasteiger partial charge in [0, 0.05) is 25.0 Å². The predicted molar refractivity (Wildman–Crippen MR) is 138 cm³/mol. The number of nitrogens with zero attached hydrogens (tertiary/aromatic N) is 5. The van der Waals surface area contributed by atoms with Crippen LogP contribution >= 0.6 is 0 Å². The maximum absolute atomic E-state index is 14.1. The molecule has 188 valence electrons. The summed E-state index contributed by atoms with van der Waals surface area (Å²) in [7, 11) is 0. The van der Waals surface area contributed by atoms with E-state index in [1.165, 1.54) is 23.0 Å². The van der Waals surface area contributed by atoms with Crippen LogP contribution in [0.1, 0.15) is 42.1 Å². The number of halogens is 1. The number of nitrogens with one attached hydrogen (secondary N) is 1. The summed E-state index contributed by atoms with van der Waals surface area (Å²) in [4.78, 5) is 23.9. The Morgan fingerprint density at radius 2 is 2.05 bits per heavy atom. The number of anilines is 3. The van der Waals surface area contributed by atoms with Crippen molar-refractivity contribution >= 4 is 23.4 Å². The zero-order valence-electron chi connectivity index (χ0n) is 20.7. The quantitative estimate of drug-likeness (QED) is 0.502. The van der Waals surface area contributed by atoms with Crippen LogP contribution in [0.3, 0.4) is 0 Å². The molecule has 3 atom stereocenters. The van der Waals surface area contributed by atoms with Gasteiger partial charge in [-0.25, -0.2) is 14.2 Å². The first-order valence-corrected chi connectivity index (χ1v) is 12.2. The molecule has 0 aliphatic carbocycles. The molecular weight excluding hydrogens is 471 g/mol. The minimum absolute atomic E-state index is 0.0573. The molecule has 3 heterocycles. The number of hydrogen-bond acceptors (Lipinski definition) is 8. The number of rotatable bonds is 6. The zero-order chi connectivity index (χ0) is 25.9. The fourth-order valence-electron chi connectivity index (χ4n) is 4.81. The molecule has 2 aliphatic rings. The van der Waals surface area contributed by atoms with Crippen molar-refractivity contribution in [3.63, 3.8) is 0 Å². The normalized spacial score (nSPS) is 18.3. The third-order valence-corrected chi connectivity index (χ3v) is 6.88. The highest BCUT2D eigenvalue weighted by Gasteiger charge is 2.37. The van der Waals surface area contributed by atoms with Crippen LogP contribution in [0, 0.1) is 11.3 Å². The molecule has 1 N–H and O–H groups in total. The van der Waals surface area contributed by atoms with Crippen LogP contribution in [-0.4, -0.2) is 41.3 Å². The maximum Gasteiger partial charge on any atom is 0.284 e. The molecule has 2 aromatic carbocycles. The molecule has 0 spiro atoms. The summed E-state index contributed by atoms with van der Waals surface area (Å²) in [5.41, 5.74) is 5.37. The zero-order valence-corrected chi connectivity index (χ0v) is 20.7. The average Bonchev–Trinajstić information content (AvgIpc) is 3.37. The largest absolute Gasteiger partial charge is 0.468 e. The number of alkyl halides is 1. The summed E-state index contributed by atoms with van der Waals surface area (Å²) in [6.45, 7) is 5.17. The Labute approximate surface area is 215 Å². The van der Waals surface area contributed by atoms with Gasteiger partial charge in [-0.3, -0.25) is 4.90 Å². The van der Waals surface area contributed by atoms with Gasteiger partial charge >= 0.3 is 0 Å². The molecular formula is C28H27FN6O2. The number of nitriles is 1. The molecule has 1 fully saturated rings. The van der Waals surface area contributed by atoms with E-state index in [2.05, 4.69) is 44.5 Å². The third kappa shape index (κ3) is 4.97. The molecule has 1 aromatic heterocycles. The van der Waals surface area contributed by atoms with Gasteiger partial charge in [-0.1, -0.05) is 24.3 Å². The number of benzene rings is 2. The van der Waals surface area contributed by atoms with Crippen molar-refractivity contribution in [2.75, 3.05) is 28.3 Å². The van der Waals surface area contributed by atoms with Crippen molar-refractivity contribution in [3.8, 4) is 6.07 Å². The van der Waals surface area contributed by atoms with Crippen LogP contribution in [0.5, 0.6) is 0 Å². The van der Waals surface area contributed by atoms with Crippen molar-refractivity contribution in [2.24, 2.45) is 0 Å². The lowest BCUT2D eigenvalue weighted by Crippen LogP contribution is -2.37. The van der Waals surface area contributed by atoms with Gasteiger partial charge in [0.1, 0.15) is 24.6 Å². The summed E-state index contributed by atoms with van der Waals surface area (Å²) >= 11 is 0. The molecule has 0 saturated carbocycles. The first-order chi connectivity index (χ1) is 18.0. The highest BCUT2D eigenvalue weighted by Crippen LogP contribution is 2.30. The SMILES string of the molecule is C[C@H](Nc1nccc(N2C(=C=O)OC[C@@H]2[C@H](C)F)n1)c1ccc2c(c1)CCN(c1cccc(C#N)c1)C2. The van der Waals surface area contributed by atoms with Crippen LogP contribution in [-0.2, 0) is 22.5 Å². The molecule has 0 bridgehead atoms. The van der Waals surface area contributed by atoms with Gasteiger partial charge in [-0.15, -0.1) is 0 Å². The Morgan fingerprint density at radius 3 is 2.84 bits per heavy atom. The first-order valence-electron chi connectivity index (χ1n) is 12.2.